The standard InChI is InChI=1S/C41H68O5/c1-27(2)11-9-12-29(5)35-17-18-36-34-16-15-33-23-31(19-21-40(33,7)37(34)20-22-41(35,36)8)13-10-14-32(25-45-38(43)28(3)4)26-46-39(44)30(6)24-42/h27,29,31-37,42H,3,6,9-26H2,1-2,4-5,7-8H3/t29-,31+,32?,33+,34+,35-,36+,37+,40+,41-/m1/s1. The fourth-order valence-corrected chi connectivity index (χ4v) is 11.2. The molecule has 0 amide bonds. The summed E-state index contributed by atoms with van der Waals surface area (Å²) >= 11 is 0. The van der Waals surface area contributed by atoms with E-state index in [-0.39, 0.29) is 24.7 Å². The third-order valence-corrected chi connectivity index (χ3v) is 13.9. The summed E-state index contributed by atoms with van der Waals surface area (Å²) < 4.78 is 10.8. The van der Waals surface area contributed by atoms with E-state index < -0.39 is 18.5 Å². The fourth-order valence-electron chi connectivity index (χ4n) is 11.2. The highest BCUT2D eigenvalue weighted by Crippen LogP contribution is 2.68. The topological polar surface area (TPSA) is 72.8 Å². The van der Waals surface area contributed by atoms with Crippen molar-refractivity contribution in [3.8, 4) is 0 Å². The summed E-state index contributed by atoms with van der Waals surface area (Å²) in [6.45, 7) is 21.5. The van der Waals surface area contributed by atoms with E-state index in [0.717, 1.165) is 60.2 Å². The Bertz CT molecular complexity index is 1060. The molecule has 10 atom stereocenters. The third kappa shape index (κ3) is 8.50. The van der Waals surface area contributed by atoms with Gasteiger partial charge in [-0.2, -0.15) is 0 Å². The summed E-state index contributed by atoms with van der Waals surface area (Å²) in [5, 5.41) is 9.20. The van der Waals surface area contributed by atoms with E-state index in [9.17, 15) is 14.7 Å². The highest BCUT2D eigenvalue weighted by molar-refractivity contribution is 5.88. The van der Waals surface area contributed by atoms with Gasteiger partial charge in [0.1, 0.15) is 0 Å². The zero-order chi connectivity index (χ0) is 33.6. The Hall–Kier alpha value is -1.62. The number of hydrogen-bond donors (Lipinski definition) is 1. The number of ether oxygens (including phenoxy) is 2. The first-order valence-electron chi connectivity index (χ1n) is 19.1. The Balaban J connectivity index is 1.29. The molecular weight excluding hydrogens is 572 g/mol. The predicted octanol–water partition coefficient (Wildman–Crippen LogP) is 9.72. The van der Waals surface area contributed by atoms with Crippen LogP contribution in [-0.2, 0) is 19.1 Å². The molecule has 4 rings (SSSR count). The number of carbonyl (C=O) groups is 2. The molecule has 4 aliphatic rings. The van der Waals surface area contributed by atoms with Gasteiger partial charge in [-0.3, -0.25) is 0 Å². The molecule has 0 aromatic heterocycles. The average molecular weight is 641 g/mol. The molecule has 0 aliphatic heterocycles. The quantitative estimate of drug-likeness (QED) is 0.134. The van der Waals surface area contributed by atoms with E-state index in [1.54, 1.807) is 6.92 Å². The normalized spacial score (nSPS) is 35.0. The van der Waals surface area contributed by atoms with Crippen molar-refractivity contribution in [2.45, 2.75) is 138 Å². The molecule has 46 heavy (non-hydrogen) atoms. The first kappa shape index (κ1) is 37.2. The van der Waals surface area contributed by atoms with Gasteiger partial charge in [0.15, 0.2) is 0 Å². The summed E-state index contributed by atoms with van der Waals surface area (Å²) in [4.78, 5) is 24.1. The van der Waals surface area contributed by atoms with E-state index in [1.807, 2.05) is 0 Å². The van der Waals surface area contributed by atoms with Crippen LogP contribution in [-0.4, -0.2) is 36.9 Å². The number of rotatable bonds is 16. The van der Waals surface area contributed by atoms with Crippen molar-refractivity contribution < 1.29 is 24.2 Å². The molecule has 1 N–H and O–H groups in total. The first-order valence-corrected chi connectivity index (χ1v) is 19.1. The summed E-state index contributed by atoms with van der Waals surface area (Å²) in [6, 6.07) is 0. The van der Waals surface area contributed by atoms with Crippen LogP contribution >= 0.6 is 0 Å². The molecule has 0 bridgehead atoms. The van der Waals surface area contributed by atoms with Gasteiger partial charge < -0.3 is 14.6 Å². The Labute approximate surface area is 281 Å². The van der Waals surface area contributed by atoms with Crippen molar-refractivity contribution in [3.63, 3.8) is 0 Å². The number of fused-ring (bicyclic) bond motifs is 5. The van der Waals surface area contributed by atoms with Gasteiger partial charge in [-0.05, 0) is 129 Å². The average Bonchev–Trinajstić information content (AvgIpc) is 3.38. The minimum Gasteiger partial charge on any atom is -0.462 e. The minimum absolute atomic E-state index is 0.0413. The van der Waals surface area contributed by atoms with Gasteiger partial charge in [-0.25, -0.2) is 9.59 Å². The van der Waals surface area contributed by atoms with Gasteiger partial charge in [-0.1, -0.05) is 79.9 Å². The molecule has 0 saturated heterocycles. The van der Waals surface area contributed by atoms with Crippen molar-refractivity contribution in [3.05, 3.63) is 24.3 Å². The van der Waals surface area contributed by atoms with Crippen LogP contribution in [0.25, 0.3) is 0 Å². The molecule has 5 heteroatoms. The molecule has 4 fully saturated rings. The van der Waals surface area contributed by atoms with Crippen LogP contribution in [0.2, 0.25) is 0 Å². The second-order valence-corrected chi connectivity index (χ2v) is 17.4. The van der Waals surface area contributed by atoms with Gasteiger partial charge in [0.05, 0.1) is 25.4 Å². The highest BCUT2D eigenvalue weighted by atomic mass is 16.5. The summed E-state index contributed by atoms with van der Waals surface area (Å²) in [6.07, 6.45) is 20.0. The van der Waals surface area contributed by atoms with E-state index in [0.29, 0.717) is 16.4 Å². The summed E-state index contributed by atoms with van der Waals surface area (Å²) in [5.41, 5.74) is 1.48. The van der Waals surface area contributed by atoms with Crippen LogP contribution in [0.3, 0.4) is 0 Å². The Morgan fingerprint density at radius 1 is 0.826 bits per heavy atom. The monoisotopic (exact) mass is 641 g/mol. The van der Waals surface area contributed by atoms with Crippen molar-refractivity contribution in [1.82, 2.24) is 0 Å². The molecule has 5 nitrogen and oxygen atoms in total. The number of carbonyl (C=O) groups excluding carboxylic acids is 2. The molecule has 1 unspecified atom stereocenters. The lowest BCUT2D eigenvalue weighted by Gasteiger charge is -2.61. The van der Waals surface area contributed by atoms with Crippen molar-refractivity contribution in [2.75, 3.05) is 19.8 Å². The molecule has 0 heterocycles. The molecule has 0 aromatic rings. The Morgan fingerprint density at radius 3 is 2.17 bits per heavy atom. The van der Waals surface area contributed by atoms with Crippen LogP contribution in [0.15, 0.2) is 24.3 Å². The summed E-state index contributed by atoms with van der Waals surface area (Å²) in [5.74, 6) is 5.95. The van der Waals surface area contributed by atoms with Gasteiger partial charge in [0, 0.05) is 11.5 Å². The number of aliphatic hydroxyl groups excluding tert-OH is 1. The molecule has 262 valence electrons. The van der Waals surface area contributed by atoms with Crippen molar-refractivity contribution in [2.24, 2.45) is 64.1 Å². The first-order chi connectivity index (χ1) is 21.8. The van der Waals surface area contributed by atoms with Crippen LogP contribution in [0, 0.1) is 64.1 Å². The minimum atomic E-state index is -0.590. The number of hydrogen-bond acceptors (Lipinski definition) is 5. The Morgan fingerprint density at radius 2 is 1.50 bits per heavy atom. The maximum Gasteiger partial charge on any atom is 0.335 e. The second kappa shape index (κ2) is 16.2. The molecule has 0 radical (unpaired) electrons. The zero-order valence-corrected chi connectivity index (χ0v) is 30.4. The fraction of sp³-hybridized carbons (Fsp3) is 0.854. The molecular formula is C41H68O5. The van der Waals surface area contributed by atoms with E-state index in [1.165, 1.54) is 83.5 Å². The molecule has 4 aliphatic carbocycles. The van der Waals surface area contributed by atoms with Gasteiger partial charge >= 0.3 is 11.9 Å². The maximum absolute atomic E-state index is 12.1. The van der Waals surface area contributed by atoms with E-state index >= 15 is 0 Å². The summed E-state index contributed by atoms with van der Waals surface area (Å²) in [7, 11) is 0. The van der Waals surface area contributed by atoms with Crippen molar-refractivity contribution >= 4 is 11.9 Å². The highest BCUT2D eigenvalue weighted by Gasteiger charge is 2.60. The lowest BCUT2D eigenvalue weighted by atomic mass is 9.44. The number of aliphatic hydroxyl groups is 1. The van der Waals surface area contributed by atoms with Crippen LogP contribution in [0.5, 0.6) is 0 Å². The van der Waals surface area contributed by atoms with E-state index in [4.69, 9.17) is 9.47 Å². The second-order valence-electron chi connectivity index (χ2n) is 17.4. The van der Waals surface area contributed by atoms with Gasteiger partial charge in [0.25, 0.3) is 0 Å². The Kier molecular flexibility index (Phi) is 13.1. The van der Waals surface area contributed by atoms with E-state index in [2.05, 4.69) is 47.8 Å². The molecule has 4 saturated carbocycles. The van der Waals surface area contributed by atoms with Crippen LogP contribution < -0.4 is 0 Å². The third-order valence-electron chi connectivity index (χ3n) is 13.9. The van der Waals surface area contributed by atoms with Crippen molar-refractivity contribution in [1.29, 1.82) is 0 Å². The van der Waals surface area contributed by atoms with Gasteiger partial charge in [-0.15, -0.1) is 0 Å². The number of esters is 2. The van der Waals surface area contributed by atoms with Crippen LogP contribution in [0.4, 0.5) is 0 Å². The lowest BCUT2D eigenvalue weighted by molar-refractivity contribution is -0.144. The zero-order valence-electron chi connectivity index (χ0n) is 30.4. The molecule has 0 spiro atoms. The predicted molar refractivity (Wildman–Crippen MR) is 187 cm³/mol. The van der Waals surface area contributed by atoms with Crippen LogP contribution in [0.1, 0.15) is 138 Å². The smallest absolute Gasteiger partial charge is 0.335 e. The molecule has 0 aromatic carbocycles. The SMILES string of the molecule is C=C(C)C(=O)OCC(CCC[C@H]1CC[C@@]2(C)[C@@H](CC[C@@H]3[C@@H]2CC[C@]2(C)[C@@H]([C@H](C)CCCC(C)C)CC[C@@H]32)C1)COC(=O)C(=C)CO. The largest absolute Gasteiger partial charge is 0.462 e. The maximum atomic E-state index is 12.1. The van der Waals surface area contributed by atoms with Gasteiger partial charge in [0.2, 0.25) is 0 Å². The lowest BCUT2D eigenvalue weighted by Crippen LogP contribution is -2.53.